The van der Waals surface area contributed by atoms with Crippen LogP contribution in [-0.2, 0) is 9.53 Å². The monoisotopic (exact) mass is 264 g/mol. The van der Waals surface area contributed by atoms with E-state index in [0.717, 1.165) is 0 Å². The molecule has 1 aliphatic rings. The Hall–Kier alpha value is -0.320. The van der Waals surface area contributed by atoms with Crippen LogP contribution >= 0.6 is 12.4 Å². The molecule has 4 nitrogen and oxygen atoms in total. The van der Waals surface area contributed by atoms with Gasteiger partial charge in [0, 0.05) is 6.54 Å². The predicted octanol–water partition coefficient (Wildman–Crippen LogP) is 1.34. The van der Waals surface area contributed by atoms with Gasteiger partial charge in [-0.1, -0.05) is 19.8 Å². The maximum Gasteiger partial charge on any atom is 0.234 e. The van der Waals surface area contributed by atoms with Gasteiger partial charge in [0.15, 0.2) is 0 Å². The van der Waals surface area contributed by atoms with Crippen LogP contribution in [0.5, 0.6) is 0 Å². The van der Waals surface area contributed by atoms with Gasteiger partial charge in [-0.3, -0.25) is 4.79 Å². The summed E-state index contributed by atoms with van der Waals surface area (Å²) in [6, 6.07) is 0. The van der Waals surface area contributed by atoms with E-state index in [0.29, 0.717) is 31.7 Å². The van der Waals surface area contributed by atoms with E-state index in [1.807, 2.05) is 0 Å². The van der Waals surface area contributed by atoms with Crippen molar-refractivity contribution in [2.75, 3.05) is 26.7 Å². The van der Waals surface area contributed by atoms with Crippen LogP contribution in [-0.4, -0.2) is 38.8 Å². The van der Waals surface area contributed by atoms with Crippen molar-refractivity contribution in [2.24, 2.45) is 5.92 Å². The van der Waals surface area contributed by atoms with Crippen LogP contribution in [0, 0.1) is 5.92 Å². The highest BCUT2D eigenvalue weighted by Crippen LogP contribution is 2.25. The summed E-state index contributed by atoms with van der Waals surface area (Å²) in [4.78, 5) is 11.1. The van der Waals surface area contributed by atoms with Crippen LogP contribution < -0.4 is 10.6 Å². The minimum absolute atomic E-state index is 0. The number of halogens is 1. The predicted molar refractivity (Wildman–Crippen MR) is 71.6 cm³/mol. The fourth-order valence-electron chi connectivity index (χ4n) is 2.15. The van der Waals surface area contributed by atoms with Crippen LogP contribution in [0.3, 0.4) is 0 Å². The largest absolute Gasteiger partial charge is 0.376 e. The second-order valence-electron chi connectivity index (χ2n) is 4.55. The topological polar surface area (TPSA) is 50.4 Å². The molecule has 0 bridgehead atoms. The van der Waals surface area contributed by atoms with Crippen molar-refractivity contribution in [2.45, 2.75) is 38.7 Å². The summed E-state index contributed by atoms with van der Waals surface area (Å²) in [5, 5.41) is 5.62. The van der Waals surface area contributed by atoms with E-state index in [2.05, 4.69) is 17.6 Å². The fourth-order valence-corrected chi connectivity index (χ4v) is 2.15. The number of hydrogen-bond acceptors (Lipinski definition) is 3. The molecule has 0 aromatic carbocycles. The Labute approximate surface area is 110 Å². The summed E-state index contributed by atoms with van der Waals surface area (Å²) in [7, 11) is 1.76. The number of carbonyl (C=O) groups excluding carboxylic acids is 1. The van der Waals surface area contributed by atoms with Gasteiger partial charge in [0.25, 0.3) is 0 Å². The molecule has 2 N–H and O–H groups in total. The lowest BCUT2D eigenvalue weighted by molar-refractivity contribution is -0.120. The molecule has 0 aromatic heterocycles. The smallest absolute Gasteiger partial charge is 0.234 e. The first kappa shape index (κ1) is 16.7. The standard InChI is InChI=1S/C12H24N2O2.ClH/c1-10-5-3-4-6-11(10)16-8-7-14-12(15)9-13-2;/h10-11,13H,3-9H2,1-2H3,(H,14,15);1H. The summed E-state index contributed by atoms with van der Waals surface area (Å²) in [6.07, 6.45) is 5.46. The van der Waals surface area contributed by atoms with E-state index in [4.69, 9.17) is 4.74 Å². The first-order valence-corrected chi connectivity index (χ1v) is 6.27. The van der Waals surface area contributed by atoms with Gasteiger partial charge in [0.1, 0.15) is 0 Å². The molecule has 0 aliphatic heterocycles. The van der Waals surface area contributed by atoms with Crippen molar-refractivity contribution in [1.29, 1.82) is 0 Å². The zero-order valence-electron chi connectivity index (χ0n) is 10.8. The van der Waals surface area contributed by atoms with E-state index >= 15 is 0 Å². The zero-order chi connectivity index (χ0) is 11.8. The Morgan fingerprint density at radius 1 is 1.35 bits per heavy atom. The Morgan fingerprint density at radius 3 is 2.71 bits per heavy atom. The van der Waals surface area contributed by atoms with Crippen molar-refractivity contribution < 1.29 is 9.53 Å². The quantitative estimate of drug-likeness (QED) is 0.712. The molecule has 0 spiro atoms. The number of rotatable bonds is 6. The lowest BCUT2D eigenvalue weighted by Crippen LogP contribution is -2.35. The van der Waals surface area contributed by atoms with Gasteiger partial charge in [0.05, 0.1) is 19.3 Å². The SMILES string of the molecule is CNCC(=O)NCCOC1CCCCC1C.Cl. The Morgan fingerprint density at radius 2 is 2.06 bits per heavy atom. The van der Waals surface area contributed by atoms with Gasteiger partial charge in [-0.2, -0.15) is 0 Å². The summed E-state index contributed by atoms with van der Waals surface area (Å²) in [5.74, 6) is 0.699. The third-order valence-electron chi connectivity index (χ3n) is 3.13. The molecule has 1 aliphatic carbocycles. The first-order valence-electron chi connectivity index (χ1n) is 6.27. The molecule has 2 unspecified atom stereocenters. The molecule has 1 rings (SSSR count). The number of likely N-dealkylation sites (N-methyl/N-ethyl adjacent to an activating group) is 1. The molecule has 1 saturated carbocycles. The minimum atomic E-state index is 0. The average molecular weight is 265 g/mol. The van der Waals surface area contributed by atoms with Crippen LogP contribution in [0.2, 0.25) is 0 Å². The summed E-state index contributed by atoms with van der Waals surface area (Å²) >= 11 is 0. The summed E-state index contributed by atoms with van der Waals surface area (Å²) in [6.45, 7) is 3.87. The number of ether oxygens (including phenoxy) is 1. The highest BCUT2D eigenvalue weighted by atomic mass is 35.5. The van der Waals surface area contributed by atoms with Crippen LogP contribution in [0.25, 0.3) is 0 Å². The minimum Gasteiger partial charge on any atom is -0.376 e. The van der Waals surface area contributed by atoms with Crippen LogP contribution in [0.1, 0.15) is 32.6 Å². The van der Waals surface area contributed by atoms with Crippen LogP contribution in [0.15, 0.2) is 0 Å². The highest BCUT2D eigenvalue weighted by Gasteiger charge is 2.21. The Balaban J connectivity index is 0.00000256. The second-order valence-corrected chi connectivity index (χ2v) is 4.55. The molecule has 1 amide bonds. The molecule has 2 atom stereocenters. The fraction of sp³-hybridized carbons (Fsp3) is 0.917. The zero-order valence-corrected chi connectivity index (χ0v) is 11.6. The average Bonchev–Trinajstić information content (AvgIpc) is 2.27. The molecular formula is C12H25ClN2O2. The maximum absolute atomic E-state index is 11.1. The molecule has 102 valence electrons. The lowest BCUT2D eigenvalue weighted by Gasteiger charge is -2.28. The van der Waals surface area contributed by atoms with Gasteiger partial charge < -0.3 is 15.4 Å². The molecular weight excluding hydrogens is 240 g/mol. The first-order chi connectivity index (χ1) is 7.74. The van der Waals surface area contributed by atoms with Gasteiger partial charge in [-0.25, -0.2) is 0 Å². The molecule has 5 heteroatoms. The van der Waals surface area contributed by atoms with E-state index in [1.165, 1.54) is 25.7 Å². The number of carbonyl (C=O) groups is 1. The lowest BCUT2D eigenvalue weighted by atomic mass is 9.88. The molecule has 0 saturated heterocycles. The van der Waals surface area contributed by atoms with Gasteiger partial charge >= 0.3 is 0 Å². The highest BCUT2D eigenvalue weighted by molar-refractivity contribution is 5.85. The van der Waals surface area contributed by atoms with Crippen molar-refractivity contribution in [1.82, 2.24) is 10.6 Å². The molecule has 0 radical (unpaired) electrons. The number of hydrogen-bond donors (Lipinski definition) is 2. The van der Waals surface area contributed by atoms with E-state index in [-0.39, 0.29) is 18.3 Å². The molecule has 0 heterocycles. The number of nitrogens with one attached hydrogen (secondary N) is 2. The Kier molecular flexibility index (Phi) is 9.50. The van der Waals surface area contributed by atoms with E-state index in [1.54, 1.807) is 7.05 Å². The normalized spacial score (nSPS) is 23.9. The third kappa shape index (κ3) is 6.86. The maximum atomic E-state index is 11.1. The van der Waals surface area contributed by atoms with E-state index < -0.39 is 0 Å². The number of amides is 1. The molecule has 17 heavy (non-hydrogen) atoms. The van der Waals surface area contributed by atoms with Crippen molar-refractivity contribution in [3.05, 3.63) is 0 Å². The molecule has 0 aromatic rings. The summed E-state index contributed by atoms with van der Waals surface area (Å²) < 4.78 is 5.79. The van der Waals surface area contributed by atoms with Crippen LogP contribution in [0.4, 0.5) is 0 Å². The van der Waals surface area contributed by atoms with Crippen molar-refractivity contribution >= 4 is 18.3 Å². The van der Waals surface area contributed by atoms with Crippen molar-refractivity contribution in [3.63, 3.8) is 0 Å². The van der Waals surface area contributed by atoms with Gasteiger partial charge in [-0.05, 0) is 25.8 Å². The summed E-state index contributed by atoms with van der Waals surface area (Å²) in [5.41, 5.74) is 0. The third-order valence-corrected chi connectivity index (χ3v) is 3.13. The second kappa shape index (κ2) is 9.68. The molecule has 1 fully saturated rings. The van der Waals surface area contributed by atoms with Crippen molar-refractivity contribution in [3.8, 4) is 0 Å². The van der Waals surface area contributed by atoms with Gasteiger partial charge in [0.2, 0.25) is 5.91 Å². The Bertz CT molecular complexity index is 215. The van der Waals surface area contributed by atoms with Gasteiger partial charge in [-0.15, -0.1) is 12.4 Å². The van der Waals surface area contributed by atoms with E-state index in [9.17, 15) is 4.79 Å².